The molecule has 1 heterocycles. The maximum absolute atomic E-state index is 4.62. The first kappa shape index (κ1) is 12.2. The van der Waals surface area contributed by atoms with E-state index in [0.717, 1.165) is 16.2 Å². The highest BCUT2D eigenvalue weighted by Gasteiger charge is 2.15. The Labute approximate surface area is 108 Å². The molecule has 0 atom stereocenters. The monoisotopic (exact) mass is 246 g/mol. The Morgan fingerprint density at radius 1 is 1.18 bits per heavy atom. The van der Waals surface area contributed by atoms with Crippen molar-refractivity contribution in [3.63, 3.8) is 0 Å². The van der Waals surface area contributed by atoms with Crippen LogP contribution in [0.15, 0.2) is 29.2 Å². The van der Waals surface area contributed by atoms with Gasteiger partial charge in [-0.2, -0.15) is 5.10 Å². The molecule has 0 aliphatic carbocycles. The minimum Gasteiger partial charge on any atom is -0.271 e. The third kappa shape index (κ3) is 2.25. The maximum Gasteiger partial charge on any atom is 0.0955 e. The van der Waals surface area contributed by atoms with E-state index in [1.165, 1.54) is 11.3 Å². The van der Waals surface area contributed by atoms with Crippen LogP contribution in [-0.2, 0) is 7.05 Å². The molecule has 90 valence electrons. The van der Waals surface area contributed by atoms with Crippen molar-refractivity contribution < 1.29 is 0 Å². The number of hydrogen-bond acceptors (Lipinski definition) is 2. The molecule has 0 spiro atoms. The summed E-state index contributed by atoms with van der Waals surface area (Å²) in [5.74, 6) is 0.491. The zero-order valence-corrected chi connectivity index (χ0v) is 11.6. The summed E-state index contributed by atoms with van der Waals surface area (Å²) >= 11 is 4.30. The molecule has 17 heavy (non-hydrogen) atoms. The maximum atomic E-state index is 4.62. The number of rotatable bonds is 2. The molecular formula is C14H18N2S. The smallest absolute Gasteiger partial charge is 0.0955 e. The second-order valence-corrected chi connectivity index (χ2v) is 5.20. The fourth-order valence-electron chi connectivity index (χ4n) is 2.34. The summed E-state index contributed by atoms with van der Waals surface area (Å²) in [6.07, 6.45) is 0. The number of nitrogens with zero attached hydrogens (tertiary/aromatic N) is 2. The van der Waals surface area contributed by atoms with Crippen molar-refractivity contribution >= 4 is 12.6 Å². The summed E-state index contributed by atoms with van der Waals surface area (Å²) in [7, 11) is 2.01. The zero-order chi connectivity index (χ0) is 12.6. The molecule has 3 heteroatoms. The predicted octanol–water partition coefficient (Wildman–Crippen LogP) is 3.81. The SMILES string of the molecule is Cc1c(-c2ccc(S)cc2)nn(C)c1C(C)C. The van der Waals surface area contributed by atoms with Crippen molar-refractivity contribution in [1.29, 1.82) is 0 Å². The van der Waals surface area contributed by atoms with Crippen molar-refractivity contribution in [1.82, 2.24) is 9.78 Å². The van der Waals surface area contributed by atoms with Crippen molar-refractivity contribution in [3.05, 3.63) is 35.5 Å². The van der Waals surface area contributed by atoms with Gasteiger partial charge in [-0.1, -0.05) is 26.0 Å². The van der Waals surface area contributed by atoms with Gasteiger partial charge in [-0.25, -0.2) is 0 Å². The van der Waals surface area contributed by atoms with Crippen LogP contribution in [0.4, 0.5) is 0 Å². The van der Waals surface area contributed by atoms with Crippen LogP contribution in [0.1, 0.15) is 31.0 Å². The summed E-state index contributed by atoms with van der Waals surface area (Å²) < 4.78 is 1.99. The molecule has 0 aliphatic heterocycles. The van der Waals surface area contributed by atoms with Gasteiger partial charge >= 0.3 is 0 Å². The molecule has 0 radical (unpaired) electrons. The van der Waals surface area contributed by atoms with E-state index in [0.29, 0.717) is 5.92 Å². The van der Waals surface area contributed by atoms with E-state index in [1.54, 1.807) is 0 Å². The molecule has 0 saturated heterocycles. The lowest BCUT2D eigenvalue weighted by molar-refractivity contribution is 0.667. The van der Waals surface area contributed by atoms with Gasteiger partial charge in [-0.15, -0.1) is 12.6 Å². The lowest BCUT2D eigenvalue weighted by Crippen LogP contribution is -2.00. The van der Waals surface area contributed by atoms with Crippen molar-refractivity contribution in [3.8, 4) is 11.3 Å². The first-order valence-electron chi connectivity index (χ1n) is 5.83. The molecule has 0 aliphatic rings. The summed E-state index contributed by atoms with van der Waals surface area (Å²) in [6, 6.07) is 8.15. The van der Waals surface area contributed by atoms with Gasteiger partial charge in [0.2, 0.25) is 0 Å². The first-order chi connectivity index (χ1) is 8.00. The highest BCUT2D eigenvalue weighted by atomic mass is 32.1. The molecular weight excluding hydrogens is 228 g/mol. The summed E-state index contributed by atoms with van der Waals surface area (Å²) in [4.78, 5) is 0.978. The van der Waals surface area contributed by atoms with E-state index >= 15 is 0 Å². The largest absolute Gasteiger partial charge is 0.271 e. The molecule has 0 N–H and O–H groups in total. The van der Waals surface area contributed by atoms with E-state index in [4.69, 9.17) is 0 Å². The van der Waals surface area contributed by atoms with Crippen LogP contribution in [0.3, 0.4) is 0 Å². The quantitative estimate of drug-likeness (QED) is 0.798. The van der Waals surface area contributed by atoms with Crippen LogP contribution in [0.2, 0.25) is 0 Å². The average Bonchev–Trinajstić information content (AvgIpc) is 2.55. The van der Waals surface area contributed by atoms with E-state index in [1.807, 2.05) is 23.9 Å². The Bertz CT molecular complexity index is 524. The van der Waals surface area contributed by atoms with Gasteiger partial charge in [0, 0.05) is 23.2 Å². The molecule has 2 rings (SSSR count). The number of thiol groups is 1. The number of aromatic nitrogens is 2. The average molecular weight is 246 g/mol. The van der Waals surface area contributed by atoms with Crippen molar-refractivity contribution in [2.75, 3.05) is 0 Å². The molecule has 2 nitrogen and oxygen atoms in total. The highest BCUT2D eigenvalue weighted by Crippen LogP contribution is 2.28. The Morgan fingerprint density at radius 3 is 2.24 bits per heavy atom. The van der Waals surface area contributed by atoms with Crippen molar-refractivity contribution in [2.45, 2.75) is 31.6 Å². The number of hydrogen-bond donors (Lipinski definition) is 1. The van der Waals surface area contributed by atoms with Crippen molar-refractivity contribution in [2.24, 2.45) is 7.05 Å². The molecule has 1 aromatic carbocycles. The van der Waals surface area contributed by atoms with E-state index in [2.05, 4.69) is 50.6 Å². The molecule has 0 amide bonds. The van der Waals surface area contributed by atoms with Gasteiger partial charge in [0.25, 0.3) is 0 Å². The third-order valence-corrected chi connectivity index (χ3v) is 3.32. The predicted molar refractivity (Wildman–Crippen MR) is 74.7 cm³/mol. The van der Waals surface area contributed by atoms with Crippen LogP contribution < -0.4 is 0 Å². The minimum atomic E-state index is 0.491. The second kappa shape index (κ2) is 4.57. The standard InChI is InChI=1S/C14H18N2S/c1-9(2)14-10(3)13(15-16(14)4)11-5-7-12(17)8-6-11/h5-9,17H,1-4H3. The van der Waals surface area contributed by atoms with Gasteiger partial charge < -0.3 is 0 Å². The molecule has 0 saturated carbocycles. The number of benzene rings is 1. The Kier molecular flexibility index (Phi) is 3.29. The van der Waals surface area contributed by atoms with Gasteiger partial charge in [-0.3, -0.25) is 4.68 Å². The van der Waals surface area contributed by atoms with E-state index in [-0.39, 0.29) is 0 Å². The van der Waals surface area contributed by atoms with Gasteiger partial charge in [0.05, 0.1) is 5.69 Å². The summed E-state index contributed by atoms with van der Waals surface area (Å²) in [6.45, 7) is 6.54. The van der Waals surface area contributed by atoms with Crippen LogP contribution in [-0.4, -0.2) is 9.78 Å². The highest BCUT2D eigenvalue weighted by molar-refractivity contribution is 7.80. The molecule has 0 unspecified atom stereocenters. The van der Waals surface area contributed by atoms with E-state index in [9.17, 15) is 0 Å². The second-order valence-electron chi connectivity index (χ2n) is 4.68. The van der Waals surface area contributed by atoms with E-state index < -0.39 is 0 Å². The van der Waals surface area contributed by atoms with Crippen LogP contribution in [0, 0.1) is 6.92 Å². The normalized spacial score (nSPS) is 11.2. The Morgan fingerprint density at radius 2 is 1.76 bits per heavy atom. The lowest BCUT2D eigenvalue weighted by atomic mass is 10.0. The van der Waals surface area contributed by atoms with Gasteiger partial charge in [0.15, 0.2) is 0 Å². The zero-order valence-electron chi connectivity index (χ0n) is 10.7. The van der Waals surface area contributed by atoms with Crippen LogP contribution in [0.25, 0.3) is 11.3 Å². The number of aryl methyl sites for hydroxylation is 1. The fraction of sp³-hybridized carbons (Fsp3) is 0.357. The Balaban J connectivity index is 2.53. The summed E-state index contributed by atoms with van der Waals surface area (Å²) in [5.41, 5.74) is 4.80. The minimum absolute atomic E-state index is 0.491. The van der Waals surface area contributed by atoms with Gasteiger partial charge in [-0.05, 0) is 30.5 Å². The van der Waals surface area contributed by atoms with Crippen LogP contribution in [0.5, 0.6) is 0 Å². The topological polar surface area (TPSA) is 17.8 Å². The van der Waals surface area contributed by atoms with Gasteiger partial charge in [0.1, 0.15) is 0 Å². The third-order valence-electron chi connectivity index (χ3n) is 3.03. The first-order valence-corrected chi connectivity index (χ1v) is 6.28. The molecule has 1 aromatic heterocycles. The lowest BCUT2D eigenvalue weighted by Gasteiger charge is -2.06. The summed E-state index contributed by atoms with van der Waals surface area (Å²) in [5, 5.41) is 4.62. The molecule has 2 aromatic rings. The Hall–Kier alpha value is -1.22. The molecule has 0 fully saturated rings. The fourth-order valence-corrected chi connectivity index (χ4v) is 2.49. The van der Waals surface area contributed by atoms with Crippen LogP contribution >= 0.6 is 12.6 Å². The molecule has 0 bridgehead atoms.